The Kier molecular flexibility index (Phi) is 4.11. The summed E-state index contributed by atoms with van der Waals surface area (Å²) in [5, 5.41) is 14.2. The van der Waals surface area contributed by atoms with Crippen molar-refractivity contribution in [2.45, 2.75) is 12.6 Å². The van der Waals surface area contributed by atoms with Crippen LogP contribution < -0.4 is 5.32 Å². The van der Waals surface area contributed by atoms with Gasteiger partial charge in [0, 0.05) is 16.1 Å². The van der Waals surface area contributed by atoms with Crippen molar-refractivity contribution >= 4 is 21.4 Å². The quantitative estimate of drug-likeness (QED) is 0.748. The van der Waals surface area contributed by atoms with Gasteiger partial charge >= 0.3 is 0 Å². The number of hydrogen-bond donors (Lipinski definition) is 2. The summed E-state index contributed by atoms with van der Waals surface area (Å²) in [5.74, 6) is 0. The van der Waals surface area contributed by atoms with Gasteiger partial charge in [-0.15, -0.1) is 11.3 Å². The number of benzene rings is 2. The molecule has 0 bridgehead atoms. The molecule has 1 unspecified atom stereocenters. The molecule has 0 radical (unpaired) electrons. The number of hydrogen-bond acceptors (Lipinski definition) is 3. The van der Waals surface area contributed by atoms with Gasteiger partial charge in [-0.1, -0.05) is 48.5 Å². The van der Waals surface area contributed by atoms with Crippen molar-refractivity contribution in [1.29, 1.82) is 0 Å². The third kappa shape index (κ3) is 2.90. The normalized spacial score (nSPS) is 12.7. The number of rotatable bonds is 5. The van der Waals surface area contributed by atoms with Gasteiger partial charge in [-0.25, -0.2) is 0 Å². The highest BCUT2D eigenvalue weighted by Crippen LogP contribution is 2.25. The van der Waals surface area contributed by atoms with Crippen LogP contribution in [-0.4, -0.2) is 11.7 Å². The fourth-order valence-electron chi connectivity index (χ4n) is 2.32. The Balaban J connectivity index is 1.71. The second-order valence-electron chi connectivity index (χ2n) is 4.78. The molecule has 2 N–H and O–H groups in total. The van der Waals surface area contributed by atoms with Gasteiger partial charge in [0.2, 0.25) is 0 Å². The molecule has 0 amide bonds. The Bertz CT molecular complexity index is 645. The van der Waals surface area contributed by atoms with Crippen molar-refractivity contribution in [2.75, 3.05) is 6.61 Å². The smallest absolute Gasteiger partial charge is 0.0626 e. The molecule has 0 aliphatic heterocycles. The predicted octanol–water partition coefficient (Wildman–Crippen LogP) is 3.72. The molecule has 3 aromatic rings. The average molecular weight is 283 g/mol. The van der Waals surface area contributed by atoms with Crippen molar-refractivity contribution in [3.8, 4) is 0 Å². The average Bonchev–Trinajstić information content (AvgIpc) is 2.92. The van der Waals surface area contributed by atoms with Crippen LogP contribution in [0.25, 0.3) is 10.1 Å². The van der Waals surface area contributed by atoms with Gasteiger partial charge in [-0.2, -0.15) is 0 Å². The summed E-state index contributed by atoms with van der Waals surface area (Å²) in [5.41, 5.74) is 1.12. The second-order valence-corrected chi connectivity index (χ2v) is 5.95. The minimum atomic E-state index is -0.0126. The molecule has 0 fully saturated rings. The maximum atomic E-state index is 9.54. The van der Waals surface area contributed by atoms with E-state index in [1.165, 1.54) is 15.0 Å². The molecule has 3 heteroatoms. The van der Waals surface area contributed by atoms with E-state index in [1.54, 1.807) is 11.3 Å². The first-order valence-corrected chi connectivity index (χ1v) is 7.55. The molecule has 3 rings (SSSR count). The highest BCUT2D eigenvalue weighted by Gasteiger charge is 2.10. The molecule has 20 heavy (non-hydrogen) atoms. The molecule has 102 valence electrons. The first-order valence-electron chi connectivity index (χ1n) is 6.73. The summed E-state index contributed by atoms with van der Waals surface area (Å²) in [6.07, 6.45) is 0. The number of fused-ring (bicyclic) bond motifs is 1. The van der Waals surface area contributed by atoms with Crippen LogP contribution in [0.15, 0.2) is 60.7 Å². The van der Waals surface area contributed by atoms with E-state index in [1.807, 2.05) is 30.3 Å². The zero-order valence-electron chi connectivity index (χ0n) is 11.1. The third-order valence-electron chi connectivity index (χ3n) is 3.38. The van der Waals surface area contributed by atoms with E-state index in [2.05, 4.69) is 35.6 Å². The zero-order chi connectivity index (χ0) is 13.8. The minimum absolute atomic E-state index is 0.0126. The predicted molar refractivity (Wildman–Crippen MR) is 84.9 cm³/mol. The SMILES string of the molecule is OCC(NCc1cc2ccccc2s1)c1ccccc1. The van der Waals surface area contributed by atoms with E-state index in [0.29, 0.717) is 0 Å². The van der Waals surface area contributed by atoms with Crippen LogP contribution in [0.4, 0.5) is 0 Å². The summed E-state index contributed by atoms with van der Waals surface area (Å²) in [4.78, 5) is 1.29. The van der Waals surface area contributed by atoms with Gasteiger partial charge in [0.15, 0.2) is 0 Å². The van der Waals surface area contributed by atoms with Crippen LogP contribution >= 0.6 is 11.3 Å². The molecule has 2 aromatic carbocycles. The first kappa shape index (κ1) is 13.3. The lowest BCUT2D eigenvalue weighted by atomic mass is 10.1. The fourth-order valence-corrected chi connectivity index (χ4v) is 3.34. The summed E-state index contributed by atoms with van der Waals surface area (Å²) in [6, 6.07) is 20.7. The topological polar surface area (TPSA) is 32.3 Å². The maximum absolute atomic E-state index is 9.54. The van der Waals surface area contributed by atoms with Gasteiger partial charge < -0.3 is 10.4 Å². The van der Waals surface area contributed by atoms with E-state index in [9.17, 15) is 5.11 Å². The first-order chi connectivity index (χ1) is 9.86. The molecule has 0 saturated carbocycles. The summed E-state index contributed by atoms with van der Waals surface area (Å²) < 4.78 is 1.31. The Hall–Kier alpha value is -1.68. The van der Waals surface area contributed by atoms with Crippen LogP contribution in [0.3, 0.4) is 0 Å². The van der Waals surface area contributed by atoms with E-state index >= 15 is 0 Å². The van der Waals surface area contributed by atoms with Gasteiger partial charge in [0.1, 0.15) is 0 Å². The maximum Gasteiger partial charge on any atom is 0.0626 e. The van der Waals surface area contributed by atoms with E-state index in [4.69, 9.17) is 0 Å². The monoisotopic (exact) mass is 283 g/mol. The van der Waals surface area contributed by atoms with Gasteiger partial charge in [-0.05, 0) is 23.1 Å². The summed E-state index contributed by atoms with van der Waals surface area (Å²) in [7, 11) is 0. The second kappa shape index (κ2) is 6.18. The molecule has 0 spiro atoms. The van der Waals surface area contributed by atoms with E-state index < -0.39 is 0 Å². The van der Waals surface area contributed by atoms with E-state index in [0.717, 1.165) is 12.1 Å². The van der Waals surface area contributed by atoms with E-state index in [-0.39, 0.29) is 12.6 Å². The summed E-state index contributed by atoms with van der Waals surface area (Å²) >= 11 is 1.80. The van der Waals surface area contributed by atoms with Gasteiger partial charge in [0.25, 0.3) is 0 Å². The molecule has 0 aliphatic carbocycles. The lowest BCUT2D eigenvalue weighted by Gasteiger charge is -2.15. The Labute approximate surface area is 122 Å². The number of nitrogens with one attached hydrogen (secondary N) is 1. The zero-order valence-corrected chi connectivity index (χ0v) is 11.9. The molecule has 1 heterocycles. The highest BCUT2D eigenvalue weighted by molar-refractivity contribution is 7.19. The van der Waals surface area contributed by atoms with Crippen molar-refractivity contribution < 1.29 is 5.11 Å². The molecule has 2 nitrogen and oxygen atoms in total. The number of aliphatic hydroxyl groups excluding tert-OH is 1. The Morgan fingerprint density at radius 1 is 1.00 bits per heavy atom. The Morgan fingerprint density at radius 3 is 2.50 bits per heavy atom. The minimum Gasteiger partial charge on any atom is -0.394 e. The summed E-state index contributed by atoms with van der Waals surface area (Å²) in [6.45, 7) is 0.883. The standard InChI is InChI=1S/C17H17NOS/c19-12-16(13-6-2-1-3-7-13)18-11-15-10-14-8-4-5-9-17(14)20-15/h1-10,16,18-19H,11-12H2. The number of aliphatic hydroxyl groups is 1. The third-order valence-corrected chi connectivity index (χ3v) is 4.50. The highest BCUT2D eigenvalue weighted by atomic mass is 32.1. The molecular formula is C17H17NOS. The molecule has 1 atom stereocenters. The van der Waals surface area contributed by atoms with Crippen LogP contribution in [0, 0.1) is 0 Å². The van der Waals surface area contributed by atoms with Crippen molar-refractivity contribution in [3.05, 3.63) is 71.1 Å². The lowest BCUT2D eigenvalue weighted by molar-refractivity contribution is 0.244. The molecule has 0 saturated heterocycles. The van der Waals surface area contributed by atoms with Gasteiger partial charge in [-0.3, -0.25) is 0 Å². The van der Waals surface area contributed by atoms with Crippen molar-refractivity contribution in [3.63, 3.8) is 0 Å². The Morgan fingerprint density at radius 2 is 1.75 bits per heavy atom. The van der Waals surface area contributed by atoms with Crippen molar-refractivity contribution in [2.24, 2.45) is 0 Å². The molecular weight excluding hydrogens is 266 g/mol. The van der Waals surface area contributed by atoms with Crippen molar-refractivity contribution in [1.82, 2.24) is 5.32 Å². The van der Waals surface area contributed by atoms with Gasteiger partial charge in [0.05, 0.1) is 12.6 Å². The largest absolute Gasteiger partial charge is 0.394 e. The molecule has 0 aliphatic rings. The van der Waals surface area contributed by atoms with Crippen LogP contribution in [0.2, 0.25) is 0 Å². The lowest BCUT2D eigenvalue weighted by Crippen LogP contribution is -2.23. The fraction of sp³-hybridized carbons (Fsp3) is 0.176. The number of thiophene rings is 1. The van der Waals surface area contributed by atoms with Crippen LogP contribution in [-0.2, 0) is 6.54 Å². The molecule has 1 aromatic heterocycles. The van der Waals surface area contributed by atoms with Crippen LogP contribution in [0.5, 0.6) is 0 Å². The van der Waals surface area contributed by atoms with Crippen LogP contribution in [0.1, 0.15) is 16.5 Å².